The van der Waals surface area contributed by atoms with Crippen molar-refractivity contribution in [3.05, 3.63) is 47.5 Å². The third kappa shape index (κ3) is 7.89. The average Bonchev–Trinajstić information content (AvgIpc) is 2.85. The van der Waals surface area contributed by atoms with Crippen molar-refractivity contribution in [3.63, 3.8) is 0 Å². The Kier molecular flexibility index (Phi) is 11.5. The summed E-state index contributed by atoms with van der Waals surface area (Å²) >= 11 is 0. The van der Waals surface area contributed by atoms with E-state index in [2.05, 4.69) is 50.3 Å². The van der Waals surface area contributed by atoms with Crippen molar-refractivity contribution in [1.29, 1.82) is 0 Å². The Balaban J connectivity index is 1.54. The molecule has 3 nitrogen and oxygen atoms in total. The van der Waals surface area contributed by atoms with Crippen molar-refractivity contribution in [2.45, 2.75) is 110 Å². The molecule has 0 aliphatic heterocycles. The fourth-order valence-corrected chi connectivity index (χ4v) is 4.83. The molecule has 2 aromatic carbocycles. The number of hydrogen-bond acceptors (Lipinski definition) is 3. The van der Waals surface area contributed by atoms with Crippen molar-refractivity contribution in [1.82, 2.24) is 0 Å². The molecule has 0 fully saturated rings. The van der Waals surface area contributed by atoms with Crippen LogP contribution in [-0.4, -0.2) is 12.6 Å². The molecule has 0 bridgehead atoms. The monoisotopic (exact) mass is 464 g/mol. The van der Waals surface area contributed by atoms with Crippen molar-refractivity contribution in [2.24, 2.45) is 0 Å². The predicted molar refractivity (Wildman–Crippen MR) is 143 cm³/mol. The van der Waals surface area contributed by atoms with Crippen molar-refractivity contribution >= 4 is 22.8 Å². The molecule has 186 valence electrons. The van der Waals surface area contributed by atoms with Gasteiger partial charge in [0.1, 0.15) is 11.9 Å². The molecule has 0 heterocycles. The molecule has 0 saturated heterocycles. The van der Waals surface area contributed by atoms with Crippen LogP contribution in [-0.2, 0) is 9.53 Å². The summed E-state index contributed by atoms with van der Waals surface area (Å²) in [5.74, 6) is 0.830. The van der Waals surface area contributed by atoms with Gasteiger partial charge in [-0.05, 0) is 35.8 Å². The predicted octanol–water partition coefficient (Wildman–Crippen LogP) is 9.33. The Morgan fingerprint density at radius 3 is 2.21 bits per heavy atom. The van der Waals surface area contributed by atoms with Gasteiger partial charge >= 0.3 is 5.97 Å². The highest BCUT2D eigenvalue weighted by Crippen LogP contribution is 2.40. The van der Waals surface area contributed by atoms with Crippen LogP contribution in [0.3, 0.4) is 0 Å². The highest BCUT2D eigenvalue weighted by Gasteiger charge is 2.23. The summed E-state index contributed by atoms with van der Waals surface area (Å²) in [6.07, 6.45) is 20.2. The van der Waals surface area contributed by atoms with Crippen LogP contribution in [0.15, 0.2) is 36.4 Å². The summed E-state index contributed by atoms with van der Waals surface area (Å²) in [7, 11) is 0. The molecule has 0 spiro atoms. The SMILES string of the molecule is CCCCCCCCCC(=O)OC1C=Cc2c(OCCCCCCCC)ccc3cccc1c23. The molecule has 1 atom stereocenters. The lowest BCUT2D eigenvalue weighted by Crippen LogP contribution is -2.12. The van der Waals surface area contributed by atoms with Gasteiger partial charge in [-0.3, -0.25) is 4.79 Å². The van der Waals surface area contributed by atoms with E-state index in [9.17, 15) is 4.79 Å². The fourth-order valence-electron chi connectivity index (χ4n) is 4.83. The highest BCUT2D eigenvalue weighted by molar-refractivity contribution is 5.97. The van der Waals surface area contributed by atoms with E-state index in [1.807, 2.05) is 6.08 Å². The molecule has 1 aliphatic rings. The first-order valence-electron chi connectivity index (χ1n) is 13.8. The minimum Gasteiger partial charge on any atom is -0.493 e. The zero-order valence-corrected chi connectivity index (χ0v) is 21.5. The van der Waals surface area contributed by atoms with Gasteiger partial charge in [0.25, 0.3) is 0 Å². The summed E-state index contributed by atoms with van der Waals surface area (Å²) in [5, 5.41) is 2.32. The van der Waals surface area contributed by atoms with Crippen LogP contribution in [0.5, 0.6) is 5.75 Å². The highest BCUT2D eigenvalue weighted by atomic mass is 16.5. The Bertz CT molecular complexity index is 914. The molecule has 0 radical (unpaired) electrons. The number of esters is 1. The second-order valence-corrected chi connectivity index (χ2v) is 9.68. The van der Waals surface area contributed by atoms with E-state index in [-0.39, 0.29) is 12.1 Å². The Labute approximate surface area is 206 Å². The molecule has 0 N–H and O–H groups in total. The summed E-state index contributed by atoms with van der Waals surface area (Å²) in [4.78, 5) is 12.5. The van der Waals surface area contributed by atoms with E-state index in [4.69, 9.17) is 9.47 Å². The molecule has 34 heavy (non-hydrogen) atoms. The first-order valence-corrected chi connectivity index (χ1v) is 13.8. The Morgan fingerprint density at radius 2 is 1.47 bits per heavy atom. The lowest BCUT2D eigenvalue weighted by atomic mass is 9.91. The van der Waals surface area contributed by atoms with Crippen molar-refractivity contribution < 1.29 is 14.3 Å². The van der Waals surface area contributed by atoms with Gasteiger partial charge < -0.3 is 9.47 Å². The maximum Gasteiger partial charge on any atom is 0.306 e. The molecule has 0 saturated carbocycles. The van der Waals surface area contributed by atoms with Gasteiger partial charge in [0.15, 0.2) is 0 Å². The van der Waals surface area contributed by atoms with E-state index in [0.717, 1.165) is 53.5 Å². The smallest absolute Gasteiger partial charge is 0.306 e. The van der Waals surface area contributed by atoms with Gasteiger partial charge in [0, 0.05) is 17.5 Å². The number of carbonyl (C=O) groups is 1. The maximum absolute atomic E-state index is 12.5. The second-order valence-electron chi connectivity index (χ2n) is 9.68. The summed E-state index contributed by atoms with van der Waals surface area (Å²) < 4.78 is 12.1. The normalized spacial score (nSPS) is 14.5. The lowest BCUT2D eigenvalue weighted by Gasteiger charge is -2.23. The molecular weight excluding hydrogens is 420 g/mol. The van der Waals surface area contributed by atoms with Crippen LogP contribution in [0.25, 0.3) is 16.8 Å². The van der Waals surface area contributed by atoms with Gasteiger partial charge in [-0.1, -0.05) is 115 Å². The minimum absolute atomic E-state index is 0.0980. The summed E-state index contributed by atoms with van der Waals surface area (Å²) in [5.41, 5.74) is 2.17. The van der Waals surface area contributed by atoms with Crippen molar-refractivity contribution in [2.75, 3.05) is 6.61 Å². The number of benzene rings is 2. The number of unbranched alkanes of at least 4 members (excludes halogenated alkanes) is 11. The number of hydrogen-bond donors (Lipinski definition) is 0. The molecule has 0 amide bonds. The van der Waals surface area contributed by atoms with Gasteiger partial charge in [-0.25, -0.2) is 0 Å². The largest absolute Gasteiger partial charge is 0.493 e. The van der Waals surface area contributed by atoms with E-state index in [0.29, 0.717) is 6.42 Å². The molecule has 0 aromatic heterocycles. The fraction of sp³-hybridized carbons (Fsp3) is 0.581. The molecule has 3 heteroatoms. The standard InChI is InChI=1S/C31H44O3/c1-3-5-7-9-11-12-14-19-30(32)34-29-23-21-27-28(33-24-15-13-10-8-6-4-2)22-20-25-17-16-18-26(29)31(25)27/h16-18,20-23,29H,3-15,19,24H2,1-2H3. The number of rotatable bonds is 17. The molecular formula is C31H44O3. The molecule has 1 unspecified atom stereocenters. The Hall–Kier alpha value is -2.29. The van der Waals surface area contributed by atoms with E-state index >= 15 is 0 Å². The number of ether oxygens (including phenoxy) is 2. The van der Waals surface area contributed by atoms with Crippen LogP contribution in [0, 0.1) is 0 Å². The van der Waals surface area contributed by atoms with Gasteiger partial charge in [-0.15, -0.1) is 0 Å². The van der Waals surface area contributed by atoms with Crippen molar-refractivity contribution in [3.8, 4) is 5.75 Å². The number of carbonyl (C=O) groups excluding carboxylic acids is 1. The first kappa shape index (κ1) is 26.3. The quantitative estimate of drug-likeness (QED) is 0.173. The zero-order valence-electron chi connectivity index (χ0n) is 21.5. The molecule has 3 rings (SSSR count). The minimum atomic E-state index is -0.318. The maximum atomic E-state index is 12.5. The summed E-state index contributed by atoms with van der Waals surface area (Å²) in [6.45, 7) is 5.23. The van der Waals surface area contributed by atoms with E-state index in [1.165, 1.54) is 64.2 Å². The van der Waals surface area contributed by atoms with Gasteiger partial charge in [0.05, 0.1) is 6.61 Å². The third-order valence-electron chi connectivity index (χ3n) is 6.82. The third-order valence-corrected chi connectivity index (χ3v) is 6.82. The van der Waals surface area contributed by atoms with Crippen LogP contribution >= 0.6 is 0 Å². The topological polar surface area (TPSA) is 35.5 Å². The zero-order chi connectivity index (χ0) is 24.0. The Morgan fingerprint density at radius 1 is 0.794 bits per heavy atom. The van der Waals surface area contributed by atoms with E-state index < -0.39 is 0 Å². The lowest BCUT2D eigenvalue weighted by molar-refractivity contribution is -0.147. The van der Waals surface area contributed by atoms with Gasteiger partial charge in [0.2, 0.25) is 0 Å². The summed E-state index contributed by atoms with van der Waals surface area (Å²) in [6, 6.07) is 10.5. The van der Waals surface area contributed by atoms with Crippen LogP contribution in [0.4, 0.5) is 0 Å². The van der Waals surface area contributed by atoms with Gasteiger partial charge in [-0.2, -0.15) is 0 Å². The second kappa shape index (κ2) is 14.9. The average molecular weight is 465 g/mol. The van der Waals surface area contributed by atoms with Crippen LogP contribution in [0.1, 0.15) is 121 Å². The van der Waals surface area contributed by atoms with Crippen LogP contribution < -0.4 is 4.74 Å². The van der Waals surface area contributed by atoms with E-state index in [1.54, 1.807) is 0 Å². The molecule has 2 aromatic rings. The van der Waals surface area contributed by atoms with Crippen LogP contribution in [0.2, 0.25) is 0 Å². The molecule has 1 aliphatic carbocycles. The first-order chi connectivity index (χ1) is 16.7.